The highest BCUT2D eigenvalue weighted by atomic mass is 32.3. The fourth-order valence-corrected chi connectivity index (χ4v) is 5.38. The maximum absolute atomic E-state index is 13.2. The first-order valence-electron chi connectivity index (χ1n) is 12.9. The summed E-state index contributed by atoms with van der Waals surface area (Å²) < 4.78 is 45.0. The number of carboxylic acids is 1. The van der Waals surface area contributed by atoms with Gasteiger partial charge in [-0.2, -0.15) is 18.2 Å². The van der Waals surface area contributed by atoms with Crippen LogP contribution in [0.3, 0.4) is 0 Å². The van der Waals surface area contributed by atoms with E-state index in [4.69, 9.17) is 25.6 Å². The Hall–Kier alpha value is -4.37. The molecule has 4 rings (SSSR count). The zero-order valence-corrected chi connectivity index (χ0v) is 25.4. The van der Waals surface area contributed by atoms with E-state index >= 15 is 0 Å². The number of nitrogens with one attached hydrogen (secondary N) is 1. The Morgan fingerprint density at radius 1 is 1.34 bits per heavy atom. The van der Waals surface area contributed by atoms with Crippen LogP contribution in [0.25, 0.3) is 10.9 Å². The van der Waals surface area contributed by atoms with Gasteiger partial charge in [0.1, 0.15) is 29.6 Å². The van der Waals surface area contributed by atoms with E-state index in [9.17, 15) is 27.9 Å². The van der Waals surface area contributed by atoms with Crippen molar-refractivity contribution in [3.05, 3.63) is 35.5 Å². The number of aryl methyl sites for hydroxylation is 2. The fourth-order valence-electron chi connectivity index (χ4n) is 4.38. The number of thiazole rings is 1. The van der Waals surface area contributed by atoms with E-state index in [1.54, 1.807) is 12.1 Å². The first kappa shape index (κ1) is 32.5. The number of ether oxygens (including phenoxy) is 1. The predicted molar refractivity (Wildman–Crippen MR) is 153 cm³/mol. The zero-order valence-electron chi connectivity index (χ0n) is 23.7. The molecule has 18 nitrogen and oxygen atoms in total. The molecule has 20 heteroatoms. The summed E-state index contributed by atoms with van der Waals surface area (Å²) in [6.07, 6.45) is 1.01. The molecule has 3 aromatic rings. The number of carboxylic acid groups (broad SMARTS) is 1. The molecule has 0 saturated carbocycles. The smallest absolute Gasteiger partial charge is 0.418 e. The number of β-lactam (4-membered cyclic amide) rings is 1. The number of nitrogens with zero attached hydrogens (tertiary/aromatic N) is 5. The first-order valence-corrected chi connectivity index (χ1v) is 15.2. The van der Waals surface area contributed by atoms with E-state index in [0.717, 1.165) is 28.7 Å². The van der Waals surface area contributed by atoms with E-state index in [0.29, 0.717) is 23.9 Å². The van der Waals surface area contributed by atoms with Crippen LogP contribution in [0.4, 0.5) is 5.13 Å². The van der Waals surface area contributed by atoms with Crippen LogP contribution < -0.4 is 26.2 Å². The Kier molecular flexibility index (Phi) is 9.39. The van der Waals surface area contributed by atoms with Gasteiger partial charge in [0.2, 0.25) is 6.20 Å². The van der Waals surface area contributed by atoms with Gasteiger partial charge >= 0.3 is 16.4 Å². The molecular formula is C24H31N8O10S2+. The van der Waals surface area contributed by atoms with Crippen LogP contribution in [0.1, 0.15) is 26.0 Å². The van der Waals surface area contributed by atoms with Crippen molar-refractivity contribution in [3.63, 3.8) is 0 Å². The third-order valence-corrected chi connectivity index (χ3v) is 7.62. The second kappa shape index (κ2) is 12.7. The Labute approximate surface area is 254 Å². The van der Waals surface area contributed by atoms with Crippen LogP contribution >= 0.6 is 11.3 Å². The van der Waals surface area contributed by atoms with E-state index in [-0.39, 0.29) is 10.8 Å². The van der Waals surface area contributed by atoms with Crippen molar-refractivity contribution < 1.29 is 51.0 Å². The Morgan fingerprint density at radius 3 is 2.66 bits per heavy atom. The highest BCUT2D eigenvalue weighted by molar-refractivity contribution is 7.80. The molecular weight excluding hydrogens is 624 g/mol. The van der Waals surface area contributed by atoms with E-state index in [1.807, 2.05) is 28.7 Å². The van der Waals surface area contributed by atoms with Crippen LogP contribution in [0, 0.1) is 0 Å². The number of fused-ring (bicyclic) bond motifs is 1. The number of aromatic nitrogens is 3. The van der Waals surface area contributed by atoms with Gasteiger partial charge in [0.05, 0.1) is 17.5 Å². The lowest BCUT2D eigenvalue weighted by Gasteiger charge is -2.50. The van der Waals surface area contributed by atoms with Crippen molar-refractivity contribution in [1.29, 1.82) is 0 Å². The summed E-state index contributed by atoms with van der Waals surface area (Å²) in [6, 6.07) is 3.92. The van der Waals surface area contributed by atoms with Crippen molar-refractivity contribution in [2.24, 2.45) is 17.9 Å². The number of nitrogens with two attached hydrogens (primary N) is 2. The number of carbonyl (C=O) groups is 3. The minimum atomic E-state index is -5.01. The minimum Gasteiger partial charge on any atom is -0.489 e. The number of oxime groups is 1. The lowest BCUT2D eigenvalue weighted by Crippen LogP contribution is -2.76. The molecule has 44 heavy (non-hydrogen) atoms. The summed E-state index contributed by atoms with van der Waals surface area (Å²) in [4.78, 5) is 46.8. The summed E-state index contributed by atoms with van der Waals surface area (Å²) in [5.41, 5.74) is 10.2. The molecule has 2 amide bonds. The summed E-state index contributed by atoms with van der Waals surface area (Å²) >= 11 is 0.962. The van der Waals surface area contributed by atoms with Crippen LogP contribution in [0.5, 0.6) is 5.75 Å². The maximum atomic E-state index is 13.2. The number of benzene rings is 1. The number of carbonyl (C=O) groups excluding carboxylic acids is 2. The predicted octanol–water partition coefficient (Wildman–Crippen LogP) is -1.05. The summed E-state index contributed by atoms with van der Waals surface area (Å²) in [5.74, 6) is -3.09. The molecule has 1 fully saturated rings. The lowest BCUT2D eigenvalue weighted by molar-refractivity contribution is -0.751. The molecule has 2 atom stereocenters. The molecule has 0 spiro atoms. The number of hydrogen-bond acceptors (Lipinski definition) is 13. The summed E-state index contributed by atoms with van der Waals surface area (Å²) in [6.45, 7) is 3.49. The van der Waals surface area contributed by atoms with Gasteiger partial charge in [0.25, 0.3) is 17.9 Å². The first-order chi connectivity index (χ1) is 20.6. The van der Waals surface area contributed by atoms with Crippen molar-refractivity contribution >= 4 is 61.3 Å². The zero-order chi connectivity index (χ0) is 32.4. The number of amides is 2. The lowest BCUT2D eigenvalue weighted by atomic mass is 9.84. The number of hydrogen-bond donors (Lipinski definition) is 5. The third kappa shape index (κ3) is 7.05. The van der Waals surface area contributed by atoms with Gasteiger partial charge in [-0.3, -0.25) is 14.1 Å². The molecule has 0 aliphatic carbocycles. The topological polar surface area (TPSA) is 255 Å². The van der Waals surface area contributed by atoms with E-state index < -0.39 is 58.2 Å². The average Bonchev–Trinajstić information content (AvgIpc) is 3.51. The number of rotatable bonds is 14. The SMILES string of the molecule is C[n+]1cc2cc(OCC(O/N=C(\C(=O)N[C@@H]3C(=O)N(OS(=O)(=O)O)C3(C)C)c3csc(N)n3)C(=O)O)ccc2n1CCCN. The highest BCUT2D eigenvalue weighted by Crippen LogP contribution is 2.33. The summed E-state index contributed by atoms with van der Waals surface area (Å²) in [7, 11) is -3.12. The van der Waals surface area contributed by atoms with Crippen LogP contribution in [-0.2, 0) is 47.5 Å². The molecule has 1 unspecified atom stereocenters. The molecule has 2 aromatic heterocycles. The minimum absolute atomic E-state index is 0.0621. The molecule has 3 heterocycles. The quantitative estimate of drug-likeness (QED) is 0.0457. The van der Waals surface area contributed by atoms with Crippen molar-refractivity contribution in [2.75, 3.05) is 18.9 Å². The molecule has 0 bridgehead atoms. The Bertz CT molecular complexity index is 1720. The normalized spacial score (nSPS) is 17.3. The molecule has 1 saturated heterocycles. The Balaban J connectivity index is 1.49. The summed E-state index contributed by atoms with van der Waals surface area (Å²) in [5, 5.41) is 18.5. The van der Waals surface area contributed by atoms with Crippen LogP contribution in [0.2, 0.25) is 0 Å². The number of anilines is 1. The van der Waals surface area contributed by atoms with Crippen molar-refractivity contribution in [1.82, 2.24) is 20.0 Å². The van der Waals surface area contributed by atoms with Crippen LogP contribution in [0.15, 0.2) is 34.9 Å². The number of aliphatic carboxylic acids is 1. The molecule has 7 N–H and O–H groups in total. The number of hydroxylamine groups is 2. The highest BCUT2D eigenvalue weighted by Gasteiger charge is 2.58. The maximum Gasteiger partial charge on any atom is 0.418 e. The van der Waals surface area contributed by atoms with Crippen molar-refractivity contribution in [2.45, 2.75) is 44.5 Å². The third-order valence-electron chi connectivity index (χ3n) is 6.61. The molecule has 1 aromatic carbocycles. The second-order valence-electron chi connectivity index (χ2n) is 10.1. The van der Waals surface area contributed by atoms with E-state index in [2.05, 4.69) is 19.7 Å². The molecule has 0 radical (unpaired) electrons. The van der Waals surface area contributed by atoms with Crippen molar-refractivity contribution in [3.8, 4) is 5.75 Å². The average molecular weight is 656 g/mol. The monoisotopic (exact) mass is 655 g/mol. The molecule has 1 aliphatic heterocycles. The van der Waals surface area contributed by atoms with Gasteiger partial charge in [0, 0.05) is 5.38 Å². The standard InChI is InChI=1S/C24H30N8O10S2/c1-24(2)19(21(34)32(24)42-44(37,38)39)28-20(33)18(15-12-43-23(26)27-15)29-41-17(22(35)36)11-40-14-5-6-16-13(9-14)10-30(3)31(16)8-4-7-25/h5-6,9-10,12,17,19H,4,7-8,11,25H2,1-3H3,(H4-,26,27,28,33,35,36,37,38,39)/p+1/b29-18-/t17?,19-/m1/s1. The van der Waals surface area contributed by atoms with Gasteiger partial charge in [-0.15, -0.1) is 20.3 Å². The van der Waals surface area contributed by atoms with Gasteiger partial charge in [0.15, 0.2) is 17.9 Å². The molecule has 238 valence electrons. The largest absolute Gasteiger partial charge is 0.489 e. The van der Waals surface area contributed by atoms with Gasteiger partial charge in [-0.05, 0) is 45.0 Å². The van der Waals surface area contributed by atoms with E-state index in [1.165, 1.54) is 19.2 Å². The van der Waals surface area contributed by atoms with Gasteiger partial charge in [-0.25, -0.2) is 9.78 Å². The second-order valence-corrected chi connectivity index (χ2v) is 12.0. The van der Waals surface area contributed by atoms with Crippen LogP contribution in [-0.4, -0.2) is 87.1 Å². The Morgan fingerprint density at radius 2 is 2.07 bits per heavy atom. The number of nitrogen functional groups attached to an aromatic ring is 1. The fraction of sp³-hybridized carbons (Fsp3) is 0.417. The van der Waals surface area contributed by atoms with Gasteiger partial charge in [-0.1, -0.05) is 5.16 Å². The van der Waals surface area contributed by atoms with Gasteiger partial charge < -0.3 is 31.5 Å². The molecule has 1 aliphatic rings.